The lowest BCUT2D eigenvalue weighted by molar-refractivity contribution is -0.211. The lowest BCUT2D eigenvalue weighted by Gasteiger charge is -2.36. The molecule has 1 fully saturated rings. The van der Waals surface area contributed by atoms with E-state index < -0.39 is 30.8 Å². The van der Waals surface area contributed by atoms with Gasteiger partial charge in [0, 0.05) is 13.1 Å². The second-order valence-electron chi connectivity index (χ2n) is 4.42. The first kappa shape index (κ1) is 15.1. The zero-order chi connectivity index (χ0) is 13.8. The molecule has 1 aliphatic heterocycles. The van der Waals surface area contributed by atoms with Crippen molar-refractivity contribution in [1.82, 2.24) is 4.90 Å². The molecule has 0 saturated carbocycles. The highest BCUT2D eigenvalue weighted by Crippen LogP contribution is 2.33. The summed E-state index contributed by atoms with van der Waals surface area (Å²) in [5.41, 5.74) is 0. The fourth-order valence-corrected chi connectivity index (χ4v) is 1.82. The van der Waals surface area contributed by atoms with Gasteiger partial charge in [0.15, 0.2) is 0 Å². The van der Waals surface area contributed by atoms with Crippen LogP contribution in [0, 0.1) is 5.92 Å². The number of unbranched alkanes of at least 4 members (excludes halogenated alkanes) is 1. The first-order chi connectivity index (χ1) is 8.36. The number of carbonyl (C=O) groups excluding carboxylic acids is 1. The number of likely N-dealkylation sites (tertiary alicyclic amines) is 1. The fourth-order valence-electron chi connectivity index (χ4n) is 1.82. The van der Waals surface area contributed by atoms with Crippen LogP contribution < -0.4 is 0 Å². The van der Waals surface area contributed by atoms with Gasteiger partial charge in [-0.1, -0.05) is 13.3 Å². The van der Waals surface area contributed by atoms with Gasteiger partial charge in [-0.15, -0.1) is 0 Å². The number of piperidine rings is 1. The van der Waals surface area contributed by atoms with Crippen LogP contribution in [0.5, 0.6) is 0 Å². The molecule has 1 heterocycles. The molecule has 1 saturated heterocycles. The number of hydrogen-bond acceptors (Lipinski definition) is 3. The number of hydrogen-bond donors (Lipinski definition) is 1. The van der Waals surface area contributed by atoms with Gasteiger partial charge in [0.1, 0.15) is 0 Å². The molecule has 2 atom stereocenters. The highest BCUT2D eigenvalue weighted by atomic mass is 19.4. The number of alkyl halides is 3. The summed E-state index contributed by atoms with van der Waals surface area (Å²) in [6.07, 6.45) is -5.22. The van der Waals surface area contributed by atoms with Crippen LogP contribution >= 0.6 is 0 Å². The van der Waals surface area contributed by atoms with Crippen LogP contribution in [-0.4, -0.2) is 48.1 Å². The number of ether oxygens (including phenoxy) is 1. The Morgan fingerprint density at radius 1 is 1.50 bits per heavy atom. The van der Waals surface area contributed by atoms with Crippen molar-refractivity contribution in [3.05, 3.63) is 0 Å². The molecule has 4 nitrogen and oxygen atoms in total. The maximum Gasteiger partial charge on any atom is 0.409 e. The number of nitrogens with zero attached hydrogens (tertiary/aromatic N) is 1. The van der Waals surface area contributed by atoms with E-state index in [4.69, 9.17) is 4.74 Å². The summed E-state index contributed by atoms with van der Waals surface area (Å²) in [4.78, 5) is 12.5. The fraction of sp³-hybridized carbons (Fsp3) is 0.909. The summed E-state index contributed by atoms with van der Waals surface area (Å²) in [5.74, 6) is -1.88. The third-order valence-electron chi connectivity index (χ3n) is 2.98. The van der Waals surface area contributed by atoms with Crippen LogP contribution in [-0.2, 0) is 4.74 Å². The molecule has 1 aliphatic rings. The number of amides is 1. The van der Waals surface area contributed by atoms with Gasteiger partial charge in [-0.25, -0.2) is 4.79 Å². The molecule has 7 heteroatoms. The average molecular weight is 269 g/mol. The summed E-state index contributed by atoms with van der Waals surface area (Å²) in [5, 5.41) is 9.32. The summed E-state index contributed by atoms with van der Waals surface area (Å²) in [7, 11) is 0. The first-order valence-electron chi connectivity index (χ1n) is 6.02. The highest BCUT2D eigenvalue weighted by molar-refractivity contribution is 5.67. The summed E-state index contributed by atoms with van der Waals surface area (Å²) >= 11 is 0. The molecule has 1 rings (SSSR count). The molecule has 0 bridgehead atoms. The predicted molar refractivity (Wildman–Crippen MR) is 58.0 cm³/mol. The summed E-state index contributed by atoms with van der Waals surface area (Å²) in [6, 6.07) is 0. The Kier molecular flexibility index (Phi) is 5.25. The molecule has 0 radical (unpaired) electrons. The van der Waals surface area contributed by atoms with Crippen molar-refractivity contribution in [2.75, 3.05) is 19.7 Å². The smallest absolute Gasteiger partial charge is 0.409 e. The van der Waals surface area contributed by atoms with Gasteiger partial charge >= 0.3 is 12.3 Å². The normalized spacial score (nSPS) is 25.1. The predicted octanol–water partition coefficient (Wildman–Crippen LogP) is 2.17. The number of carbonyl (C=O) groups is 1. The molecule has 106 valence electrons. The molecule has 2 unspecified atom stereocenters. The van der Waals surface area contributed by atoms with Crippen LogP contribution in [0.3, 0.4) is 0 Å². The standard InChI is InChI=1S/C11H18F3NO3/c1-2-3-6-18-10(17)15-5-4-9(16)8(7-15)11(12,13)14/h8-9,16H,2-7H2,1H3. The lowest BCUT2D eigenvalue weighted by atomic mass is 9.94. The minimum Gasteiger partial charge on any atom is -0.449 e. The number of aliphatic hydroxyl groups excluding tert-OH is 1. The second kappa shape index (κ2) is 6.26. The first-order valence-corrected chi connectivity index (χ1v) is 6.02. The number of rotatable bonds is 3. The van der Waals surface area contributed by atoms with E-state index in [1.54, 1.807) is 0 Å². The SMILES string of the molecule is CCCCOC(=O)N1CCC(O)C(C(F)(F)F)C1. The largest absolute Gasteiger partial charge is 0.449 e. The average Bonchev–Trinajstić information content (AvgIpc) is 2.28. The number of halogens is 3. The van der Waals surface area contributed by atoms with Gasteiger partial charge in [-0.3, -0.25) is 0 Å². The highest BCUT2D eigenvalue weighted by Gasteiger charge is 2.48. The van der Waals surface area contributed by atoms with Crippen LogP contribution in [0.1, 0.15) is 26.2 Å². The Labute approximate surface area is 104 Å². The van der Waals surface area contributed by atoms with Gasteiger partial charge in [0.2, 0.25) is 0 Å². The van der Waals surface area contributed by atoms with Crippen molar-refractivity contribution in [1.29, 1.82) is 0 Å². The van der Waals surface area contributed by atoms with Crippen LogP contribution in [0.25, 0.3) is 0 Å². The minimum atomic E-state index is -4.50. The molecule has 0 aromatic carbocycles. The zero-order valence-corrected chi connectivity index (χ0v) is 10.2. The molecule has 1 N–H and O–H groups in total. The van der Waals surface area contributed by atoms with E-state index >= 15 is 0 Å². The molecule has 0 spiro atoms. The van der Waals surface area contributed by atoms with E-state index in [0.29, 0.717) is 6.42 Å². The molecule has 18 heavy (non-hydrogen) atoms. The maximum absolute atomic E-state index is 12.6. The summed E-state index contributed by atoms with van der Waals surface area (Å²) < 4.78 is 42.6. The Bertz CT molecular complexity index is 283. The zero-order valence-electron chi connectivity index (χ0n) is 10.2. The molecule has 0 aliphatic carbocycles. The summed E-state index contributed by atoms with van der Waals surface area (Å²) in [6.45, 7) is 1.70. The number of aliphatic hydroxyl groups is 1. The molecule has 0 aromatic rings. The van der Waals surface area contributed by atoms with Crippen molar-refractivity contribution in [3.63, 3.8) is 0 Å². The quantitative estimate of drug-likeness (QED) is 0.799. The molecule has 1 amide bonds. The lowest BCUT2D eigenvalue weighted by Crippen LogP contribution is -2.51. The molecular formula is C11H18F3NO3. The Morgan fingerprint density at radius 3 is 2.72 bits per heavy atom. The third kappa shape index (κ3) is 4.04. The van der Waals surface area contributed by atoms with Crippen LogP contribution in [0.15, 0.2) is 0 Å². The van der Waals surface area contributed by atoms with Gasteiger partial charge in [-0.05, 0) is 12.8 Å². The van der Waals surface area contributed by atoms with Crippen LogP contribution in [0.2, 0.25) is 0 Å². The van der Waals surface area contributed by atoms with Crippen molar-refractivity contribution in [2.45, 2.75) is 38.5 Å². The second-order valence-corrected chi connectivity index (χ2v) is 4.42. The maximum atomic E-state index is 12.6. The Hall–Kier alpha value is -0.980. The van der Waals surface area contributed by atoms with E-state index in [9.17, 15) is 23.1 Å². The van der Waals surface area contributed by atoms with Crippen molar-refractivity contribution in [3.8, 4) is 0 Å². The van der Waals surface area contributed by atoms with E-state index in [1.165, 1.54) is 0 Å². The van der Waals surface area contributed by atoms with Gasteiger partial charge in [-0.2, -0.15) is 13.2 Å². The van der Waals surface area contributed by atoms with E-state index in [2.05, 4.69) is 0 Å². The molecular weight excluding hydrogens is 251 g/mol. The van der Waals surface area contributed by atoms with E-state index in [0.717, 1.165) is 11.3 Å². The monoisotopic (exact) mass is 269 g/mol. The Balaban J connectivity index is 2.51. The minimum absolute atomic E-state index is 0.0763. The van der Waals surface area contributed by atoms with Crippen molar-refractivity contribution in [2.24, 2.45) is 5.92 Å². The van der Waals surface area contributed by atoms with Gasteiger partial charge < -0.3 is 14.7 Å². The van der Waals surface area contributed by atoms with Gasteiger partial charge in [0.05, 0.1) is 18.6 Å². The van der Waals surface area contributed by atoms with E-state index in [1.807, 2.05) is 6.92 Å². The topological polar surface area (TPSA) is 49.8 Å². The van der Waals surface area contributed by atoms with E-state index in [-0.39, 0.29) is 19.6 Å². The Morgan fingerprint density at radius 2 is 2.17 bits per heavy atom. The van der Waals surface area contributed by atoms with Crippen LogP contribution in [0.4, 0.5) is 18.0 Å². The van der Waals surface area contributed by atoms with Crippen molar-refractivity contribution >= 4 is 6.09 Å². The van der Waals surface area contributed by atoms with Gasteiger partial charge in [0.25, 0.3) is 0 Å². The van der Waals surface area contributed by atoms with Crippen molar-refractivity contribution < 1.29 is 27.8 Å². The third-order valence-corrected chi connectivity index (χ3v) is 2.98. The molecule has 0 aromatic heterocycles.